The minimum Gasteiger partial charge on any atom is -0.352 e. The third kappa shape index (κ3) is 3.65. The lowest BCUT2D eigenvalue weighted by Crippen LogP contribution is -2.25. The quantitative estimate of drug-likeness (QED) is 0.707. The van der Waals surface area contributed by atoms with Crippen molar-refractivity contribution >= 4 is 28.1 Å². The molecule has 0 aliphatic heterocycles. The molecule has 0 saturated heterocycles. The van der Waals surface area contributed by atoms with Crippen molar-refractivity contribution in [2.24, 2.45) is 5.92 Å². The molecule has 0 radical (unpaired) electrons. The molecule has 0 fully saturated rings. The van der Waals surface area contributed by atoms with Gasteiger partial charge in [-0.25, -0.2) is 4.98 Å². The van der Waals surface area contributed by atoms with Crippen LogP contribution in [-0.4, -0.2) is 17.4 Å². The first-order valence-electron chi connectivity index (χ1n) is 8.27. The highest BCUT2D eigenvalue weighted by molar-refractivity contribution is 7.08. The maximum Gasteiger partial charge on any atom is 0.252 e. The Morgan fingerprint density at radius 1 is 1.25 bits per heavy atom. The third-order valence-electron chi connectivity index (χ3n) is 4.03. The number of hydrogen-bond donors (Lipinski definition) is 1. The predicted molar refractivity (Wildman–Crippen MR) is 102 cm³/mol. The summed E-state index contributed by atoms with van der Waals surface area (Å²) in [6, 6.07) is 10.0. The van der Waals surface area contributed by atoms with Crippen LogP contribution < -0.4 is 5.32 Å². The summed E-state index contributed by atoms with van der Waals surface area (Å²) in [6.07, 6.45) is 0.977. The van der Waals surface area contributed by atoms with Gasteiger partial charge < -0.3 is 5.32 Å². The largest absolute Gasteiger partial charge is 0.352 e. The second-order valence-corrected chi connectivity index (χ2v) is 7.31. The summed E-state index contributed by atoms with van der Waals surface area (Å²) in [4.78, 5) is 17.5. The van der Waals surface area contributed by atoms with Gasteiger partial charge in [-0.15, -0.1) is 0 Å². The van der Waals surface area contributed by atoms with Crippen molar-refractivity contribution < 1.29 is 4.79 Å². The molecule has 1 aromatic carbocycles. The van der Waals surface area contributed by atoms with Gasteiger partial charge in [0.15, 0.2) is 0 Å². The molecule has 1 N–H and O–H groups in total. The Kier molecular flexibility index (Phi) is 4.95. The standard InChI is InChI=1S/C20H22N2OS/c1-13(2)6-8-21-20(23)17-11-19(15-7-9-24-12-15)22-18-5-4-14(3)10-16(17)18/h4-5,7,9-13H,6,8H2,1-3H3,(H,21,23). The molecule has 0 spiro atoms. The number of carbonyl (C=O) groups excluding carboxylic acids is 1. The molecule has 2 aromatic heterocycles. The van der Waals surface area contributed by atoms with E-state index in [0.717, 1.165) is 34.1 Å². The van der Waals surface area contributed by atoms with Crippen molar-refractivity contribution in [1.29, 1.82) is 0 Å². The Balaban J connectivity index is 2.03. The van der Waals surface area contributed by atoms with Gasteiger partial charge in [0.05, 0.1) is 16.8 Å². The molecule has 4 heteroatoms. The number of hydrogen-bond acceptors (Lipinski definition) is 3. The molecule has 1 amide bonds. The number of fused-ring (bicyclic) bond motifs is 1. The van der Waals surface area contributed by atoms with Crippen molar-refractivity contribution in [1.82, 2.24) is 10.3 Å². The first-order chi connectivity index (χ1) is 11.5. The van der Waals surface area contributed by atoms with Crippen LogP contribution in [0.4, 0.5) is 0 Å². The summed E-state index contributed by atoms with van der Waals surface area (Å²) >= 11 is 1.63. The van der Waals surface area contributed by atoms with E-state index in [2.05, 4.69) is 24.5 Å². The normalized spacial score (nSPS) is 11.2. The van der Waals surface area contributed by atoms with E-state index in [1.54, 1.807) is 11.3 Å². The van der Waals surface area contributed by atoms with Crippen molar-refractivity contribution in [3.8, 4) is 11.3 Å². The van der Waals surface area contributed by atoms with E-state index in [4.69, 9.17) is 4.98 Å². The molecule has 2 heterocycles. The van der Waals surface area contributed by atoms with E-state index in [-0.39, 0.29) is 5.91 Å². The van der Waals surface area contributed by atoms with Crippen molar-refractivity contribution in [2.75, 3.05) is 6.54 Å². The highest BCUT2D eigenvalue weighted by Gasteiger charge is 2.14. The SMILES string of the molecule is Cc1ccc2nc(-c3ccsc3)cc(C(=O)NCCC(C)C)c2c1. The Labute approximate surface area is 146 Å². The second kappa shape index (κ2) is 7.14. The van der Waals surface area contributed by atoms with Gasteiger partial charge in [0.1, 0.15) is 0 Å². The molecular weight excluding hydrogens is 316 g/mol. The van der Waals surface area contributed by atoms with Crippen LogP contribution in [-0.2, 0) is 0 Å². The molecule has 0 saturated carbocycles. The van der Waals surface area contributed by atoms with Crippen LogP contribution in [0, 0.1) is 12.8 Å². The number of amides is 1. The number of carbonyl (C=O) groups is 1. The van der Waals surface area contributed by atoms with Gasteiger partial charge in [-0.2, -0.15) is 11.3 Å². The lowest BCUT2D eigenvalue weighted by Gasteiger charge is -2.11. The number of benzene rings is 1. The van der Waals surface area contributed by atoms with Gasteiger partial charge in [0.2, 0.25) is 0 Å². The molecule has 3 nitrogen and oxygen atoms in total. The molecule has 3 rings (SSSR count). The summed E-state index contributed by atoms with van der Waals surface area (Å²) < 4.78 is 0. The highest BCUT2D eigenvalue weighted by atomic mass is 32.1. The van der Waals surface area contributed by atoms with Crippen LogP contribution in [0.3, 0.4) is 0 Å². The van der Waals surface area contributed by atoms with E-state index in [0.29, 0.717) is 18.0 Å². The van der Waals surface area contributed by atoms with E-state index in [1.807, 2.05) is 42.6 Å². The maximum atomic E-state index is 12.7. The third-order valence-corrected chi connectivity index (χ3v) is 4.72. The number of pyridine rings is 1. The van der Waals surface area contributed by atoms with E-state index in [9.17, 15) is 4.79 Å². The molecular formula is C20H22N2OS. The lowest BCUT2D eigenvalue weighted by atomic mass is 10.0. The minimum absolute atomic E-state index is 0.0230. The van der Waals surface area contributed by atoms with Crippen molar-refractivity contribution in [2.45, 2.75) is 27.2 Å². The zero-order chi connectivity index (χ0) is 17.1. The predicted octanol–water partition coefficient (Wildman–Crippen LogP) is 5.05. The Hall–Kier alpha value is -2.20. The van der Waals surface area contributed by atoms with Crippen LogP contribution in [0.5, 0.6) is 0 Å². The smallest absolute Gasteiger partial charge is 0.252 e. The second-order valence-electron chi connectivity index (χ2n) is 6.53. The average molecular weight is 338 g/mol. The number of nitrogens with zero attached hydrogens (tertiary/aromatic N) is 1. The van der Waals surface area contributed by atoms with Crippen LogP contribution in [0.2, 0.25) is 0 Å². The van der Waals surface area contributed by atoms with Crippen LogP contribution in [0.15, 0.2) is 41.1 Å². The minimum atomic E-state index is -0.0230. The Bertz CT molecular complexity index is 853. The Morgan fingerprint density at radius 2 is 2.08 bits per heavy atom. The molecule has 24 heavy (non-hydrogen) atoms. The fourth-order valence-corrected chi connectivity index (χ4v) is 3.30. The summed E-state index contributed by atoms with van der Waals surface area (Å²) in [7, 11) is 0. The van der Waals surface area contributed by atoms with Crippen LogP contribution in [0.1, 0.15) is 36.2 Å². The van der Waals surface area contributed by atoms with Gasteiger partial charge in [-0.3, -0.25) is 4.79 Å². The van der Waals surface area contributed by atoms with Crippen molar-refractivity contribution in [3.05, 3.63) is 52.2 Å². The highest BCUT2D eigenvalue weighted by Crippen LogP contribution is 2.27. The van der Waals surface area contributed by atoms with Crippen molar-refractivity contribution in [3.63, 3.8) is 0 Å². The molecule has 0 aliphatic rings. The van der Waals surface area contributed by atoms with Gasteiger partial charge in [-0.05, 0) is 48.9 Å². The van der Waals surface area contributed by atoms with Crippen LogP contribution in [0.25, 0.3) is 22.2 Å². The average Bonchev–Trinajstić information content (AvgIpc) is 3.08. The first-order valence-corrected chi connectivity index (χ1v) is 9.21. The maximum absolute atomic E-state index is 12.7. The zero-order valence-corrected chi connectivity index (χ0v) is 15.1. The molecule has 124 valence electrons. The number of aromatic nitrogens is 1. The molecule has 0 aliphatic carbocycles. The van der Waals surface area contributed by atoms with E-state index in [1.165, 1.54) is 0 Å². The summed E-state index contributed by atoms with van der Waals surface area (Å²) in [5.74, 6) is 0.549. The molecule has 0 atom stereocenters. The monoisotopic (exact) mass is 338 g/mol. The van der Waals surface area contributed by atoms with E-state index >= 15 is 0 Å². The van der Waals surface area contributed by atoms with Crippen LogP contribution >= 0.6 is 11.3 Å². The number of rotatable bonds is 5. The number of thiophene rings is 1. The van der Waals surface area contributed by atoms with Gasteiger partial charge in [-0.1, -0.05) is 25.5 Å². The van der Waals surface area contributed by atoms with Gasteiger partial charge in [0, 0.05) is 22.9 Å². The fourth-order valence-electron chi connectivity index (χ4n) is 2.66. The topological polar surface area (TPSA) is 42.0 Å². The summed E-state index contributed by atoms with van der Waals surface area (Å²) in [5, 5.41) is 8.05. The summed E-state index contributed by atoms with van der Waals surface area (Å²) in [5.41, 5.74) is 4.59. The Morgan fingerprint density at radius 3 is 2.79 bits per heavy atom. The van der Waals surface area contributed by atoms with E-state index < -0.39 is 0 Å². The molecule has 0 unspecified atom stereocenters. The zero-order valence-electron chi connectivity index (χ0n) is 14.3. The number of aryl methyl sites for hydroxylation is 1. The molecule has 0 bridgehead atoms. The molecule has 3 aromatic rings. The summed E-state index contributed by atoms with van der Waals surface area (Å²) in [6.45, 7) is 7.05. The number of nitrogens with one attached hydrogen (secondary N) is 1. The lowest BCUT2D eigenvalue weighted by molar-refractivity contribution is 0.0953. The first kappa shape index (κ1) is 16.7. The van der Waals surface area contributed by atoms with Gasteiger partial charge >= 0.3 is 0 Å². The van der Waals surface area contributed by atoms with Gasteiger partial charge in [0.25, 0.3) is 5.91 Å². The fraction of sp³-hybridized carbons (Fsp3) is 0.300.